The van der Waals surface area contributed by atoms with Crippen molar-refractivity contribution in [3.05, 3.63) is 48.6 Å². The minimum Gasteiger partial charge on any atom is -1.00 e. The van der Waals surface area contributed by atoms with Crippen LogP contribution in [-0.4, -0.2) is 30.8 Å². The summed E-state index contributed by atoms with van der Waals surface area (Å²) in [7, 11) is 2.12. The SMILES string of the molecule is C=CC(=O)OC[N+](C)(CCCC)Cc1ccccc1.[Cl-]. The topological polar surface area (TPSA) is 26.3 Å². The van der Waals surface area contributed by atoms with Crippen molar-refractivity contribution in [3.8, 4) is 0 Å². The van der Waals surface area contributed by atoms with E-state index in [1.165, 1.54) is 11.6 Å². The van der Waals surface area contributed by atoms with Crippen LogP contribution in [0.4, 0.5) is 0 Å². The zero-order chi connectivity index (χ0) is 14.1. The van der Waals surface area contributed by atoms with Gasteiger partial charge in [0, 0.05) is 11.6 Å². The molecule has 1 aromatic rings. The summed E-state index contributed by atoms with van der Waals surface area (Å²) in [6.07, 6.45) is 3.47. The summed E-state index contributed by atoms with van der Waals surface area (Å²) in [5.41, 5.74) is 1.26. The molecule has 112 valence electrons. The number of benzene rings is 1. The Bertz CT molecular complexity index is 408. The summed E-state index contributed by atoms with van der Waals surface area (Å²) < 4.78 is 5.95. The highest BCUT2D eigenvalue weighted by Gasteiger charge is 2.23. The van der Waals surface area contributed by atoms with E-state index in [2.05, 4.69) is 32.7 Å². The molecule has 0 bridgehead atoms. The Kier molecular flexibility index (Phi) is 8.93. The van der Waals surface area contributed by atoms with Crippen LogP contribution in [0.1, 0.15) is 25.3 Å². The smallest absolute Gasteiger partial charge is 0.334 e. The van der Waals surface area contributed by atoms with Crippen molar-refractivity contribution < 1.29 is 26.4 Å². The third-order valence-corrected chi connectivity index (χ3v) is 3.14. The third kappa shape index (κ3) is 6.73. The van der Waals surface area contributed by atoms with Gasteiger partial charge in [0.15, 0.2) is 0 Å². The molecule has 0 N–H and O–H groups in total. The van der Waals surface area contributed by atoms with Crippen molar-refractivity contribution in [1.29, 1.82) is 0 Å². The largest absolute Gasteiger partial charge is 1.00 e. The Morgan fingerprint density at radius 1 is 1.35 bits per heavy atom. The highest BCUT2D eigenvalue weighted by Crippen LogP contribution is 2.14. The lowest BCUT2D eigenvalue weighted by atomic mass is 10.2. The lowest BCUT2D eigenvalue weighted by Crippen LogP contribution is -3.00. The van der Waals surface area contributed by atoms with Crippen LogP contribution in [0.5, 0.6) is 0 Å². The molecule has 20 heavy (non-hydrogen) atoms. The molecule has 0 saturated heterocycles. The average molecular weight is 298 g/mol. The maximum atomic E-state index is 11.2. The number of hydrogen-bond donors (Lipinski definition) is 0. The van der Waals surface area contributed by atoms with E-state index in [1.807, 2.05) is 18.2 Å². The fraction of sp³-hybridized carbons (Fsp3) is 0.438. The number of nitrogens with zero attached hydrogens (tertiary/aromatic N) is 1. The lowest BCUT2D eigenvalue weighted by Gasteiger charge is -2.33. The molecule has 1 aromatic carbocycles. The molecule has 0 heterocycles. The molecule has 0 aliphatic heterocycles. The minimum atomic E-state index is -0.353. The number of rotatable bonds is 8. The lowest BCUT2D eigenvalue weighted by molar-refractivity contribution is -0.938. The summed E-state index contributed by atoms with van der Waals surface area (Å²) >= 11 is 0. The van der Waals surface area contributed by atoms with Crippen molar-refractivity contribution in [2.75, 3.05) is 20.3 Å². The van der Waals surface area contributed by atoms with Crippen molar-refractivity contribution in [2.45, 2.75) is 26.3 Å². The van der Waals surface area contributed by atoms with Gasteiger partial charge in [0.25, 0.3) is 0 Å². The van der Waals surface area contributed by atoms with Crippen LogP contribution in [0.25, 0.3) is 0 Å². The highest BCUT2D eigenvalue weighted by atomic mass is 35.5. The first kappa shape index (κ1) is 18.7. The normalized spacial score (nSPS) is 12.9. The number of halogens is 1. The van der Waals surface area contributed by atoms with E-state index < -0.39 is 0 Å². The minimum absolute atomic E-state index is 0. The first-order valence-corrected chi connectivity index (χ1v) is 6.76. The Hall–Kier alpha value is -1.32. The summed E-state index contributed by atoms with van der Waals surface area (Å²) in [5.74, 6) is -0.353. The zero-order valence-electron chi connectivity index (χ0n) is 12.3. The van der Waals surface area contributed by atoms with Gasteiger partial charge < -0.3 is 17.1 Å². The van der Waals surface area contributed by atoms with Gasteiger partial charge in [-0.05, 0) is 6.42 Å². The van der Waals surface area contributed by atoms with Gasteiger partial charge in [-0.3, -0.25) is 4.48 Å². The number of carbonyl (C=O) groups excluding carboxylic acids is 1. The fourth-order valence-corrected chi connectivity index (χ4v) is 2.03. The van der Waals surface area contributed by atoms with Gasteiger partial charge in [-0.1, -0.05) is 50.3 Å². The summed E-state index contributed by atoms with van der Waals surface area (Å²) in [6, 6.07) is 10.3. The van der Waals surface area contributed by atoms with E-state index in [4.69, 9.17) is 4.74 Å². The quantitative estimate of drug-likeness (QED) is 0.295. The zero-order valence-corrected chi connectivity index (χ0v) is 13.1. The van der Waals surface area contributed by atoms with Gasteiger partial charge in [0.2, 0.25) is 6.73 Å². The van der Waals surface area contributed by atoms with Crippen molar-refractivity contribution in [3.63, 3.8) is 0 Å². The number of hydrogen-bond acceptors (Lipinski definition) is 2. The van der Waals surface area contributed by atoms with Gasteiger partial charge in [0.05, 0.1) is 13.6 Å². The van der Waals surface area contributed by atoms with E-state index in [-0.39, 0.29) is 18.4 Å². The second kappa shape index (κ2) is 9.56. The maximum absolute atomic E-state index is 11.2. The molecule has 4 heteroatoms. The average Bonchev–Trinajstić information content (AvgIpc) is 2.44. The Morgan fingerprint density at radius 3 is 2.55 bits per heavy atom. The molecule has 1 atom stereocenters. The van der Waals surface area contributed by atoms with E-state index in [1.54, 1.807) is 0 Å². The molecule has 0 aromatic heterocycles. The molecule has 0 fully saturated rings. The van der Waals surface area contributed by atoms with Gasteiger partial charge in [-0.25, -0.2) is 4.79 Å². The Balaban J connectivity index is 0.00000361. The molecular weight excluding hydrogens is 274 g/mol. The third-order valence-electron chi connectivity index (χ3n) is 3.14. The summed E-state index contributed by atoms with van der Waals surface area (Å²) in [4.78, 5) is 11.2. The van der Waals surface area contributed by atoms with Crippen molar-refractivity contribution in [2.24, 2.45) is 0 Å². The van der Waals surface area contributed by atoms with Crippen LogP contribution in [0.3, 0.4) is 0 Å². The van der Waals surface area contributed by atoms with Gasteiger partial charge in [0.1, 0.15) is 6.54 Å². The first-order chi connectivity index (χ1) is 9.09. The molecule has 0 aliphatic carbocycles. The molecule has 0 saturated carbocycles. The molecule has 0 aliphatic rings. The Labute approximate surface area is 128 Å². The highest BCUT2D eigenvalue weighted by molar-refractivity contribution is 5.81. The first-order valence-electron chi connectivity index (χ1n) is 6.76. The van der Waals surface area contributed by atoms with Crippen LogP contribution >= 0.6 is 0 Å². The number of esters is 1. The second-order valence-corrected chi connectivity index (χ2v) is 5.14. The van der Waals surface area contributed by atoms with Crippen LogP contribution in [0, 0.1) is 0 Å². The van der Waals surface area contributed by atoms with E-state index in [9.17, 15) is 4.79 Å². The molecular formula is C16H24ClNO2. The van der Waals surface area contributed by atoms with Crippen LogP contribution < -0.4 is 12.4 Å². The van der Waals surface area contributed by atoms with Crippen LogP contribution in [-0.2, 0) is 16.1 Å². The van der Waals surface area contributed by atoms with Crippen molar-refractivity contribution in [1.82, 2.24) is 0 Å². The van der Waals surface area contributed by atoms with E-state index in [0.717, 1.165) is 25.9 Å². The Morgan fingerprint density at radius 2 is 2.00 bits per heavy atom. The molecule has 1 rings (SSSR count). The van der Waals surface area contributed by atoms with Crippen LogP contribution in [0.15, 0.2) is 43.0 Å². The van der Waals surface area contributed by atoms with Gasteiger partial charge in [-0.15, -0.1) is 0 Å². The predicted molar refractivity (Wildman–Crippen MR) is 77.3 cm³/mol. The maximum Gasteiger partial charge on any atom is 0.334 e. The molecule has 0 radical (unpaired) electrons. The molecule has 1 unspecified atom stereocenters. The fourth-order valence-electron chi connectivity index (χ4n) is 2.03. The van der Waals surface area contributed by atoms with Gasteiger partial charge >= 0.3 is 5.97 Å². The molecule has 0 amide bonds. The monoisotopic (exact) mass is 297 g/mol. The molecule has 0 spiro atoms. The molecule has 3 nitrogen and oxygen atoms in total. The summed E-state index contributed by atoms with van der Waals surface area (Å²) in [6.45, 7) is 7.85. The number of carbonyl (C=O) groups is 1. The number of ether oxygens (including phenoxy) is 1. The van der Waals surface area contributed by atoms with E-state index >= 15 is 0 Å². The predicted octanol–water partition coefficient (Wildman–Crippen LogP) is 0.124. The number of quaternary nitrogens is 1. The van der Waals surface area contributed by atoms with E-state index in [0.29, 0.717) is 11.2 Å². The van der Waals surface area contributed by atoms with Crippen LogP contribution in [0.2, 0.25) is 0 Å². The van der Waals surface area contributed by atoms with Crippen molar-refractivity contribution >= 4 is 5.97 Å². The standard InChI is InChI=1S/C16H24NO2.ClH/c1-4-6-12-17(3,14-19-16(18)5-2)13-15-10-8-7-9-11-15;/h5,7-11H,2,4,6,12-14H2,1,3H3;1H/q+1;/p-1. The van der Waals surface area contributed by atoms with Gasteiger partial charge in [-0.2, -0.15) is 0 Å². The summed E-state index contributed by atoms with van der Waals surface area (Å²) in [5, 5.41) is 0. The number of unbranched alkanes of at least 4 members (excludes halogenated alkanes) is 1. The second-order valence-electron chi connectivity index (χ2n) is 5.14.